The zero-order valence-electron chi connectivity index (χ0n) is 7.91. The SMILES string of the molecule is NCCC(C(=O)O)c1cc(F)ccc1F. The number of aliphatic carboxylic acids is 1. The minimum Gasteiger partial charge on any atom is -0.481 e. The molecule has 0 amide bonds. The van der Waals surface area contributed by atoms with Gasteiger partial charge in [-0.05, 0) is 31.2 Å². The first kappa shape index (κ1) is 11.6. The second kappa shape index (κ2) is 4.84. The third kappa shape index (κ3) is 2.73. The molecule has 0 radical (unpaired) electrons. The Morgan fingerprint density at radius 3 is 2.67 bits per heavy atom. The maximum Gasteiger partial charge on any atom is 0.311 e. The van der Waals surface area contributed by atoms with E-state index in [0.29, 0.717) is 0 Å². The van der Waals surface area contributed by atoms with Gasteiger partial charge >= 0.3 is 5.97 Å². The molecular weight excluding hydrogens is 204 g/mol. The van der Waals surface area contributed by atoms with E-state index in [0.717, 1.165) is 18.2 Å². The van der Waals surface area contributed by atoms with Gasteiger partial charge in [-0.1, -0.05) is 0 Å². The molecule has 1 unspecified atom stereocenters. The van der Waals surface area contributed by atoms with Crippen molar-refractivity contribution in [1.82, 2.24) is 0 Å². The molecule has 0 bridgehead atoms. The highest BCUT2D eigenvalue weighted by atomic mass is 19.1. The Balaban J connectivity index is 3.09. The van der Waals surface area contributed by atoms with Crippen molar-refractivity contribution in [3.63, 3.8) is 0 Å². The first-order valence-corrected chi connectivity index (χ1v) is 4.44. The number of hydrogen-bond donors (Lipinski definition) is 2. The van der Waals surface area contributed by atoms with Crippen LogP contribution in [-0.4, -0.2) is 17.6 Å². The zero-order chi connectivity index (χ0) is 11.4. The molecule has 5 heteroatoms. The van der Waals surface area contributed by atoms with E-state index in [-0.39, 0.29) is 18.5 Å². The second-order valence-electron chi connectivity index (χ2n) is 3.13. The Hall–Kier alpha value is -1.49. The van der Waals surface area contributed by atoms with Crippen LogP contribution in [0.3, 0.4) is 0 Å². The van der Waals surface area contributed by atoms with Crippen LogP contribution in [0.4, 0.5) is 8.78 Å². The van der Waals surface area contributed by atoms with E-state index in [1.165, 1.54) is 0 Å². The van der Waals surface area contributed by atoms with Gasteiger partial charge in [-0.3, -0.25) is 4.79 Å². The number of carbonyl (C=O) groups is 1. The van der Waals surface area contributed by atoms with Crippen LogP contribution in [0.25, 0.3) is 0 Å². The van der Waals surface area contributed by atoms with E-state index < -0.39 is 23.5 Å². The van der Waals surface area contributed by atoms with Crippen LogP contribution in [0, 0.1) is 11.6 Å². The number of nitrogens with two attached hydrogens (primary N) is 1. The molecule has 0 aliphatic carbocycles. The van der Waals surface area contributed by atoms with Gasteiger partial charge in [0.15, 0.2) is 0 Å². The molecule has 1 aromatic carbocycles. The van der Waals surface area contributed by atoms with Gasteiger partial charge in [-0.15, -0.1) is 0 Å². The Labute approximate surface area is 85.5 Å². The van der Waals surface area contributed by atoms with Gasteiger partial charge in [-0.2, -0.15) is 0 Å². The van der Waals surface area contributed by atoms with Gasteiger partial charge in [-0.25, -0.2) is 8.78 Å². The predicted molar refractivity (Wildman–Crippen MR) is 50.4 cm³/mol. The highest BCUT2D eigenvalue weighted by Gasteiger charge is 2.22. The van der Waals surface area contributed by atoms with E-state index in [1.807, 2.05) is 0 Å². The summed E-state index contributed by atoms with van der Waals surface area (Å²) in [4.78, 5) is 10.8. The smallest absolute Gasteiger partial charge is 0.311 e. The largest absolute Gasteiger partial charge is 0.481 e. The number of halogens is 2. The molecule has 3 N–H and O–H groups in total. The predicted octanol–water partition coefficient (Wildman–Crippen LogP) is 1.48. The Morgan fingerprint density at radius 2 is 2.13 bits per heavy atom. The van der Waals surface area contributed by atoms with Crippen LogP contribution in [0.5, 0.6) is 0 Å². The minimum atomic E-state index is -1.20. The fourth-order valence-electron chi connectivity index (χ4n) is 1.36. The minimum absolute atomic E-state index is 0.0791. The van der Waals surface area contributed by atoms with Crippen LogP contribution in [0.1, 0.15) is 17.9 Å². The highest BCUT2D eigenvalue weighted by molar-refractivity contribution is 5.76. The van der Waals surface area contributed by atoms with Crippen LogP contribution in [0.15, 0.2) is 18.2 Å². The van der Waals surface area contributed by atoms with Crippen molar-refractivity contribution in [3.05, 3.63) is 35.4 Å². The van der Waals surface area contributed by atoms with E-state index >= 15 is 0 Å². The van der Waals surface area contributed by atoms with Crippen molar-refractivity contribution in [2.75, 3.05) is 6.54 Å². The summed E-state index contributed by atoms with van der Waals surface area (Å²) in [6.45, 7) is 0.104. The molecule has 1 rings (SSSR count). The molecule has 0 aliphatic rings. The topological polar surface area (TPSA) is 63.3 Å². The van der Waals surface area contributed by atoms with E-state index in [4.69, 9.17) is 10.8 Å². The number of benzene rings is 1. The van der Waals surface area contributed by atoms with Crippen molar-refractivity contribution in [1.29, 1.82) is 0 Å². The average molecular weight is 215 g/mol. The van der Waals surface area contributed by atoms with E-state index in [1.54, 1.807) is 0 Å². The van der Waals surface area contributed by atoms with Gasteiger partial charge in [0, 0.05) is 5.56 Å². The summed E-state index contributed by atoms with van der Waals surface area (Å²) >= 11 is 0. The maximum absolute atomic E-state index is 13.2. The second-order valence-corrected chi connectivity index (χ2v) is 3.13. The van der Waals surface area contributed by atoms with Gasteiger partial charge in [0.2, 0.25) is 0 Å². The molecule has 3 nitrogen and oxygen atoms in total. The van der Waals surface area contributed by atoms with Crippen LogP contribution >= 0.6 is 0 Å². The van der Waals surface area contributed by atoms with Gasteiger partial charge < -0.3 is 10.8 Å². The lowest BCUT2D eigenvalue weighted by molar-refractivity contribution is -0.139. The van der Waals surface area contributed by atoms with Gasteiger partial charge in [0.25, 0.3) is 0 Å². The van der Waals surface area contributed by atoms with Crippen molar-refractivity contribution >= 4 is 5.97 Å². The third-order valence-corrected chi connectivity index (χ3v) is 2.09. The molecule has 0 saturated heterocycles. The molecular formula is C10H11F2NO2. The lowest BCUT2D eigenvalue weighted by Gasteiger charge is -2.12. The lowest BCUT2D eigenvalue weighted by atomic mass is 9.95. The molecule has 0 fully saturated rings. The molecule has 82 valence electrons. The van der Waals surface area contributed by atoms with Gasteiger partial charge in [0.1, 0.15) is 11.6 Å². The summed E-state index contributed by atoms with van der Waals surface area (Å²) in [6, 6.07) is 2.75. The van der Waals surface area contributed by atoms with Crippen LogP contribution in [-0.2, 0) is 4.79 Å². The number of carboxylic acid groups (broad SMARTS) is 1. The fourth-order valence-corrected chi connectivity index (χ4v) is 1.36. The summed E-state index contributed by atoms with van der Waals surface area (Å²) in [5, 5.41) is 8.83. The van der Waals surface area contributed by atoms with Crippen molar-refractivity contribution in [2.45, 2.75) is 12.3 Å². The standard InChI is InChI=1S/C10H11F2NO2/c11-6-1-2-9(12)8(5-6)7(3-4-13)10(14)15/h1-2,5,7H,3-4,13H2,(H,14,15). The van der Waals surface area contributed by atoms with Crippen molar-refractivity contribution in [2.24, 2.45) is 5.73 Å². The quantitative estimate of drug-likeness (QED) is 0.799. The molecule has 0 heterocycles. The molecule has 1 atom stereocenters. The number of carboxylic acids is 1. The summed E-state index contributed by atoms with van der Waals surface area (Å²) in [5.74, 6) is -3.68. The highest BCUT2D eigenvalue weighted by Crippen LogP contribution is 2.23. The molecule has 1 aromatic rings. The summed E-state index contributed by atoms with van der Waals surface area (Å²) in [5.41, 5.74) is 5.05. The molecule has 0 saturated carbocycles. The number of rotatable bonds is 4. The molecule has 0 spiro atoms. The third-order valence-electron chi connectivity index (χ3n) is 2.09. The Kier molecular flexibility index (Phi) is 3.74. The molecule has 0 aliphatic heterocycles. The Bertz CT molecular complexity index is 368. The lowest BCUT2D eigenvalue weighted by Crippen LogP contribution is -2.17. The van der Waals surface area contributed by atoms with E-state index in [2.05, 4.69) is 0 Å². The first-order chi connectivity index (χ1) is 7.06. The maximum atomic E-state index is 13.2. The first-order valence-electron chi connectivity index (χ1n) is 4.44. The van der Waals surface area contributed by atoms with Crippen molar-refractivity contribution < 1.29 is 18.7 Å². The number of hydrogen-bond acceptors (Lipinski definition) is 2. The monoisotopic (exact) mass is 215 g/mol. The summed E-state index contributed by atoms with van der Waals surface area (Å²) < 4.78 is 26.1. The van der Waals surface area contributed by atoms with E-state index in [9.17, 15) is 13.6 Å². The van der Waals surface area contributed by atoms with Crippen LogP contribution in [0.2, 0.25) is 0 Å². The normalized spacial score (nSPS) is 12.5. The zero-order valence-corrected chi connectivity index (χ0v) is 7.91. The fraction of sp³-hybridized carbons (Fsp3) is 0.300. The Morgan fingerprint density at radius 1 is 1.47 bits per heavy atom. The molecule has 15 heavy (non-hydrogen) atoms. The van der Waals surface area contributed by atoms with Crippen molar-refractivity contribution in [3.8, 4) is 0 Å². The van der Waals surface area contributed by atoms with Gasteiger partial charge in [0.05, 0.1) is 5.92 Å². The van der Waals surface area contributed by atoms with Crippen LogP contribution < -0.4 is 5.73 Å². The summed E-state index contributed by atoms with van der Waals surface area (Å²) in [6.07, 6.45) is 0.0791. The molecule has 0 aromatic heterocycles. The average Bonchev–Trinajstić information content (AvgIpc) is 2.18. The summed E-state index contributed by atoms with van der Waals surface area (Å²) in [7, 11) is 0.